The average molecular weight is 245 g/mol. The molecule has 0 radical (unpaired) electrons. The Morgan fingerprint density at radius 2 is 1.73 bits per heavy atom. The zero-order valence-electron chi connectivity index (χ0n) is 9.14. The van der Waals surface area contributed by atoms with E-state index in [2.05, 4.69) is 12.6 Å². The first-order valence-corrected chi connectivity index (χ1v) is 5.30. The Kier molecular flexibility index (Phi) is 3.68. The summed E-state index contributed by atoms with van der Waals surface area (Å²) in [6.45, 7) is 5.57. The monoisotopic (exact) mass is 244 g/mol. The third-order valence-corrected chi connectivity index (χ3v) is 3.37. The van der Waals surface area contributed by atoms with E-state index >= 15 is 0 Å². The molecule has 0 heterocycles. The number of methoxy groups -OCH3 is 1. The zero-order chi connectivity index (χ0) is 11.7. The summed E-state index contributed by atoms with van der Waals surface area (Å²) < 4.78 is 5.23. The Morgan fingerprint density at radius 1 is 1.20 bits per heavy atom. The molecule has 1 rings (SSSR count). The lowest BCUT2D eigenvalue weighted by Gasteiger charge is -2.16. The lowest BCUT2D eigenvalue weighted by molar-refractivity contribution is 0.108. The standard InChI is InChI=1S/C11H13ClO2S/c1-5-6(2)10(14-4)8(11(13)15)7(3)9(5)12/h1-4H3,(H,13,15). The normalized spacial score (nSPS) is 10.3. The highest BCUT2D eigenvalue weighted by Crippen LogP contribution is 2.36. The zero-order valence-corrected chi connectivity index (χ0v) is 10.8. The molecule has 1 aromatic carbocycles. The topological polar surface area (TPSA) is 26.3 Å². The highest BCUT2D eigenvalue weighted by atomic mass is 35.5. The van der Waals surface area contributed by atoms with E-state index in [0.717, 1.165) is 16.7 Å². The fraction of sp³-hybridized carbons (Fsp3) is 0.364. The Bertz CT molecular complexity index is 427. The minimum absolute atomic E-state index is 0.325. The Labute approximate surface area is 100.0 Å². The van der Waals surface area contributed by atoms with Crippen LogP contribution in [0.2, 0.25) is 5.02 Å². The second kappa shape index (κ2) is 4.45. The van der Waals surface area contributed by atoms with Crippen LogP contribution in [-0.4, -0.2) is 12.2 Å². The van der Waals surface area contributed by atoms with Crippen LogP contribution in [0.1, 0.15) is 27.0 Å². The number of halogens is 1. The van der Waals surface area contributed by atoms with E-state index in [1.807, 2.05) is 13.8 Å². The molecule has 0 amide bonds. The molecule has 15 heavy (non-hydrogen) atoms. The molecule has 0 unspecified atom stereocenters. The molecule has 0 saturated heterocycles. The summed E-state index contributed by atoms with van der Waals surface area (Å²) in [6, 6.07) is 0. The highest BCUT2D eigenvalue weighted by molar-refractivity contribution is 7.97. The van der Waals surface area contributed by atoms with Gasteiger partial charge in [0.1, 0.15) is 5.75 Å². The van der Waals surface area contributed by atoms with Crippen molar-refractivity contribution in [3.05, 3.63) is 27.3 Å². The molecule has 0 aliphatic carbocycles. The van der Waals surface area contributed by atoms with Gasteiger partial charge >= 0.3 is 0 Å². The molecule has 0 atom stereocenters. The summed E-state index contributed by atoms with van der Waals surface area (Å²) in [5.41, 5.74) is 2.99. The predicted octanol–water partition coefficient (Wildman–Crippen LogP) is 3.34. The van der Waals surface area contributed by atoms with Gasteiger partial charge in [-0.05, 0) is 37.5 Å². The quantitative estimate of drug-likeness (QED) is 0.808. The number of benzene rings is 1. The number of thiol groups is 1. The van der Waals surface area contributed by atoms with Crippen LogP contribution in [0.25, 0.3) is 0 Å². The van der Waals surface area contributed by atoms with Crippen LogP contribution in [0.5, 0.6) is 5.75 Å². The van der Waals surface area contributed by atoms with Gasteiger partial charge in [0, 0.05) is 5.02 Å². The summed E-state index contributed by atoms with van der Waals surface area (Å²) in [6.07, 6.45) is 0. The second-order valence-electron chi connectivity index (χ2n) is 3.40. The average Bonchev–Trinajstić information content (AvgIpc) is 2.19. The number of hydrogen-bond donors (Lipinski definition) is 1. The first-order chi connectivity index (χ1) is 6.91. The van der Waals surface area contributed by atoms with Crippen molar-refractivity contribution in [1.82, 2.24) is 0 Å². The maximum Gasteiger partial charge on any atom is 0.220 e. The molecule has 4 heteroatoms. The maximum atomic E-state index is 11.4. The molecule has 0 aromatic heterocycles. The molecule has 0 fully saturated rings. The Morgan fingerprint density at radius 3 is 2.13 bits per heavy atom. The number of hydrogen-bond acceptors (Lipinski definition) is 2. The predicted molar refractivity (Wildman–Crippen MR) is 65.5 cm³/mol. The van der Waals surface area contributed by atoms with Gasteiger partial charge in [-0.15, -0.1) is 12.6 Å². The van der Waals surface area contributed by atoms with Gasteiger partial charge in [-0.1, -0.05) is 11.6 Å². The fourth-order valence-electron chi connectivity index (χ4n) is 1.60. The van der Waals surface area contributed by atoms with Gasteiger partial charge < -0.3 is 4.74 Å². The van der Waals surface area contributed by atoms with Gasteiger partial charge in [-0.25, -0.2) is 0 Å². The van der Waals surface area contributed by atoms with Crippen LogP contribution in [-0.2, 0) is 0 Å². The van der Waals surface area contributed by atoms with Gasteiger partial charge in [-0.3, -0.25) is 4.79 Å². The van der Waals surface area contributed by atoms with Crippen LogP contribution in [0.3, 0.4) is 0 Å². The van der Waals surface area contributed by atoms with Gasteiger partial charge in [0.15, 0.2) is 0 Å². The van der Waals surface area contributed by atoms with E-state index in [0.29, 0.717) is 16.3 Å². The lowest BCUT2D eigenvalue weighted by atomic mass is 9.99. The molecule has 2 nitrogen and oxygen atoms in total. The fourth-order valence-corrected chi connectivity index (χ4v) is 2.10. The van der Waals surface area contributed by atoms with Crippen LogP contribution >= 0.6 is 24.2 Å². The van der Waals surface area contributed by atoms with E-state index < -0.39 is 0 Å². The van der Waals surface area contributed by atoms with Gasteiger partial charge in [0.05, 0.1) is 12.7 Å². The molecule has 0 aliphatic heterocycles. The summed E-state index contributed by atoms with van der Waals surface area (Å²) in [4.78, 5) is 11.4. The summed E-state index contributed by atoms with van der Waals surface area (Å²) >= 11 is 9.95. The lowest BCUT2D eigenvalue weighted by Crippen LogP contribution is -2.04. The molecule has 0 aliphatic rings. The van der Waals surface area contributed by atoms with Crippen molar-refractivity contribution in [3.63, 3.8) is 0 Å². The van der Waals surface area contributed by atoms with E-state index in [-0.39, 0.29) is 5.12 Å². The summed E-state index contributed by atoms with van der Waals surface area (Å²) in [5, 5.41) is 0.278. The van der Waals surface area contributed by atoms with Crippen molar-refractivity contribution < 1.29 is 9.53 Å². The Hall–Kier alpha value is -0.670. The minimum Gasteiger partial charge on any atom is -0.496 e. The first-order valence-electron chi connectivity index (χ1n) is 4.48. The van der Waals surface area contributed by atoms with Gasteiger partial charge in [0.25, 0.3) is 0 Å². The van der Waals surface area contributed by atoms with E-state index in [1.165, 1.54) is 7.11 Å². The summed E-state index contributed by atoms with van der Waals surface area (Å²) in [5.74, 6) is 0.564. The van der Waals surface area contributed by atoms with Crippen molar-refractivity contribution in [2.75, 3.05) is 7.11 Å². The molecule has 1 aromatic rings. The molecular formula is C11H13ClO2S. The third-order valence-electron chi connectivity index (χ3n) is 2.58. The third kappa shape index (κ3) is 1.99. The van der Waals surface area contributed by atoms with Crippen molar-refractivity contribution in [2.45, 2.75) is 20.8 Å². The van der Waals surface area contributed by atoms with Gasteiger partial charge in [0.2, 0.25) is 5.12 Å². The van der Waals surface area contributed by atoms with Crippen molar-refractivity contribution in [2.24, 2.45) is 0 Å². The van der Waals surface area contributed by atoms with Crippen LogP contribution in [0.15, 0.2) is 0 Å². The van der Waals surface area contributed by atoms with Crippen LogP contribution in [0, 0.1) is 20.8 Å². The molecule has 82 valence electrons. The minimum atomic E-state index is -0.325. The largest absolute Gasteiger partial charge is 0.496 e. The van der Waals surface area contributed by atoms with E-state index in [1.54, 1.807) is 6.92 Å². The number of rotatable bonds is 2. The Balaban J connectivity index is 3.70. The maximum absolute atomic E-state index is 11.4. The van der Waals surface area contributed by atoms with Crippen molar-refractivity contribution in [3.8, 4) is 5.75 Å². The smallest absolute Gasteiger partial charge is 0.220 e. The molecule has 0 N–H and O–H groups in total. The molecule has 0 bridgehead atoms. The van der Waals surface area contributed by atoms with Crippen molar-refractivity contribution >= 4 is 29.3 Å². The number of carbonyl (C=O) groups is 1. The van der Waals surface area contributed by atoms with Crippen LogP contribution in [0.4, 0.5) is 0 Å². The van der Waals surface area contributed by atoms with E-state index in [4.69, 9.17) is 16.3 Å². The molecule has 0 saturated carbocycles. The van der Waals surface area contributed by atoms with E-state index in [9.17, 15) is 4.79 Å². The van der Waals surface area contributed by atoms with Crippen LogP contribution < -0.4 is 4.74 Å². The second-order valence-corrected chi connectivity index (χ2v) is 4.19. The highest BCUT2D eigenvalue weighted by Gasteiger charge is 2.20. The first kappa shape index (κ1) is 12.4. The van der Waals surface area contributed by atoms with Crippen molar-refractivity contribution in [1.29, 1.82) is 0 Å². The number of carbonyl (C=O) groups excluding carboxylic acids is 1. The molecular weight excluding hydrogens is 232 g/mol. The van der Waals surface area contributed by atoms with Gasteiger partial charge in [-0.2, -0.15) is 0 Å². The SMILES string of the molecule is COc1c(C)c(C)c(Cl)c(C)c1C(=O)S. The molecule has 0 spiro atoms. The number of ether oxygens (including phenoxy) is 1. The summed E-state index contributed by atoms with van der Waals surface area (Å²) in [7, 11) is 1.54.